The van der Waals surface area contributed by atoms with Crippen molar-refractivity contribution < 1.29 is 14.2 Å². The number of nitrogens with two attached hydrogens (primary N) is 1. The lowest BCUT2D eigenvalue weighted by molar-refractivity contribution is 0.342. The average molecular weight is 274 g/mol. The highest BCUT2D eigenvalue weighted by molar-refractivity contribution is 5.52. The fourth-order valence-electron chi connectivity index (χ4n) is 1.74. The van der Waals surface area contributed by atoms with Crippen molar-refractivity contribution in [2.45, 2.75) is 13.0 Å². The van der Waals surface area contributed by atoms with Crippen LogP contribution in [0.1, 0.15) is 18.5 Å². The topological polar surface area (TPSA) is 66.6 Å². The average Bonchev–Trinajstić information content (AvgIpc) is 2.48. The van der Waals surface area contributed by atoms with Crippen molar-refractivity contribution in [1.82, 2.24) is 4.98 Å². The van der Waals surface area contributed by atoms with Crippen molar-refractivity contribution >= 4 is 0 Å². The number of benzene rings is 1. The monoisotopic (exact) mass is 274 g/mol. The number of hydrogen-bond donors (Lipinski definition) is 1. The molecule has 0 saturated heterocycles. The van der Waals surface area contributed by atoms with Gasteiger partial charge < -0.3 is 19.9 Å². The van der Waals surface area contributed by atoms with Crippen molar-refractivity contribution in [2.75, 3.05) is 14.2 Å². The highest BCUT2D eigenvalue weighted by Crippen LogP contribution is 2.39. The first-order chi connectivity index (χ1) is 9.65. The summed E-state index contributed by atoms with van der Waals surface area (Å²) < 4.78 is 16.3. The van der Waals surface area contributed by atoms with Crippen LogP contribution < -0.4 is 19.9 Å². The Morgan fingerprint density at radius 3 is 2.15 bits per heavy atom. The minimum atomic E-state index is -0.0580. The minimum Gasteiger partial charge on any atom is -0.493 e. The number of aromatic nitrogens is 1. The largest absolute Gasteiger partial charge is 0.493 e. The molecule has 20 heavy (non-hydrogen) atoms. The number of rotatable bonds is 5. The summed E-state index contributed by atoms with van der Waals surface area (Å²) in [6.07, 6.45) is 1.70. The molecule has 0 unspecified atom stereocenters. The van der Waals surface area contributed by atoms with Crippen LogP contribution in [0.25, 0.3) is 0 Å². The number of hydrogen-bond acceptors (Lipinski definition) is 5. The molecule has 0 radical (unpaired) electrons. The number of methoxy groups -OCH3 is 2. The van der Waals surface area contributed by atoms with Crippen LogP contribution in [0.4, 0.5) is 0 Å². The Morgan fingerprint density at radius 1 is 1.05 bits per heavy atom. The minimum absolute atomic E-state index is 0.0580. The summed E-state index contributed by atoms with van der Waals surface area (Å²) >= 11 is 0. The van der Waals surface area contributed by atoms with Gasteiger partial charge in [0.2, 0.25) is 11.6 Å². The van der Waals surface area contributed by atoms with Crippen LogP contribution in [0, 0.1) is 0 Å². The summed E-state index contributed by atoms with van der Waals surface area (Å²) in [7, 11) is 3.16. The van der Waals surface area contributed by atoms with Gasteiger partial charge in [0.15, 0.2) is 11.5 Å². The van der Waals surface area contributed by atoms with Crippen LogP contribution in [0.3, 0.4) is 0 Å². The number of para-hydroxylation sites is 1. The van der Waals surface area contributed by atoms with E-state index >= 15 is 0 Å². The summed E-state index contributed by atoms with van der Waals surface area (Å²) in [5.41, 5.74) is 6.74. The second kappa shape index (κ2) is 6.25. The van der Waals surface area contributed by atoms with Crippen LogP contribution in [-0.2, 0) is 0 Å². The van der Waals surface area contributed by atoms with Crippen molar-refractivity contribution in [3.8, 4) is 23.1 Å². The van der Waals surface area contributed by atoms with Crippen LogP contribution >= 0.6 is 0 Å². The SMILES string of the molecule is COc1cccc(OC)c1Oc1ccc([C@H](C)N)cn1. The normalized spacial score (nSPS) is 11.8. The molecule has 1 aromatic heterocycles. The van der Waals surface area contributed by atoms with Crippen LogP contribution in [0.2, 0.25) is 0 Å². The molecule has 0 aliphatic heterocycles. The summed E-state index contributed by atoms with van der Waals surface area (Å²) in [4.78, 5) is 4.23. The van der Waals surface area contributed by atoms with E-state index in [1.165, 1.54) is 0 Å². The standard InChI is InChI=1S/C15H18N2O3/c1-10(16)11-7-8-14(17-9-11)20-15-12(18-2)5-4-6-13(15)19-3/h4-10H,16H2,1-3H3/t10-/m0/s1. The van der Waals surface area contributed by atoms with E-state index in [4.69, 9.17) is 19.9 Å². The van der Waals surface area contributed by atoms with E-state index in [9.17, 15) is 0 Å². The Bertz CT molecular complexity index is 546. The van der Waals surface area contributed by atoms with Gasteiger partial charge >= 0.3 is 0 Å². The Morgan fingerprint density at radius 2 is 1.70 bits per heavy atom. The molecule has 2 rings (SSSR count). The van der Waals surface area contributed by atoms with Crippen molar-refractivity contribution in [3.63, 3.8) is 0 Å². The van der Waals surface area contributed by atoms with E-state index in [1.807, 2.05) is 19.1 Å². The third kappa shape index (κ3) is 3.00. The van der Waals surface area contributed by atoms with Crippen molar-refractivity contribution in [3.05, 3.63) is 42.1 Å². The van der Waals surface area contributed by atoms with Gasteiger partial charge in [-0.05, 0) is 24.6 Å². The highest BCUT2D eigenvalue weighted by atomic mass is 16.5. The van der Waals surface area contributed by atoms with E-state index in [0.717, 1.165) is 5.56 Å². The quantitative estimate of drug-likeness (QED) is 0.908. The van der Waals surface area contributed by atoms with Crippen LogP contribution in [-0.4, -0.2) is 19.2 Å². The van der Waals surface area contributed by atoms with Gasteiger partial charge in [-0.3, -0.25) is 0 Å². The molecule has 5 heteroatoms. The molecule has 0 amide bonds. The predicted molar refractivity (Wildman–Crippen MR) is 76.5 cm³/mol. The highest BCUT2D eigenvalue weighted by Gasteiger charge is 2.13. The first kappa shape index (κ1) is 14.1. The van der Waals surface area contributed by atoms with Gasteiger partial charge in [0.25, 0.3) is 0 Å². The van der Waals surface area contributed by atoms with Gasteiger partial charge in [-0.1, -0.05) is 12.1 Å². The van der Waals surface area contributed by atoms with Crippen molar-refractivity contribution in [1.29, 1.82) is 0 Å². The Labute approximate surface area is 118 Å². The molecule has 0 fully saturated rings. The summed E-state index contributed by atoms with van der Waals surface area (Å²) in [6, 6.07) is 9.02. The Balaban J connectivity index is 2.29. The van der Waals surface area contributed by atoms with E-state index in [1.54, 1.807) is 38.6 Å². The lowest BCUT2D eigenvalue weighted by Gasteiger charge is -2.13. The second-order valence-electron chi connectivity index (χ2n) is 4.31. The maximum Gasteiger partial charge on any atom is 0.219 e. The maximum absolute atomic E-state index is 5.79. The second-order valence-corrected chi connectivity index (χ2v) is 4.31. The van der Waals surface area contributed by atoms with E-state index in [2.05, 4.69) is 4.98 Å². The zero-order valence-electron chi connectivity index (χ0n) is 11.8. The number of pyridine rings is 1. The van der Waals surface area contributed by atoms with Gasteiger partial charge in [-0.15, -0.1) is 0 Å². The first-order valence-electron chi connectivity index (χ1n) is 6.26. The summed E-state index contributed by atoms with van der Waals surface area (Å²) in [5, 5.41) is 0. The van der Waals surface area contributed by atoms with Gasteiger partial charge in [0, 0.05) is 18.3 Å². The molecule has 5 nitrogen and oxygen atoms in total. The van der Waals surface area contributed by atoms with Gasteiger partial charge in [0.05, 0.1) is 14.2 Å². The fourth-order valence-corrected chi connectivity index (χ4v) is 1.74. The molecule has 0 aliphatic rings. The van der Waals surface area contributed by atoms with Gasteiger partial charge in [0.1, 0.15) is 0 Å². The summed E-state index contributed by atoms with van der Waals surface area (Å²) in [5.74, 6) is 2.13. The summed E-state index contributed by atoms with van der Waals surface area (Å²) in [6.45, 7) is 1.90. The molecule has 2 N–H and O–H groups in total. The Kier molecular flexibility index (Phi) is 4.42. The molecule has 0 saturated carbocycles. The fraction of sp³-hybridized carbons (Fsp3) is 0.267. The van der Waals surface area contributed by atoms with E-state index < -0.39 is 0 Å². The molecular formula is C15H18N2O3. The molecule has 2 aromatic rings. The molecule has 1 atom stereocenters. The predicted octanol–water partition coefficient (Wildman–Crippen LogP) is 2.91. The van der Waals surface area contributed by atoms with Crippen molar-refractivity contribution in [2.24, 2.45) is 5.73 Å². The molecule has 0 spiro atoms. The lowest BCUT2D eigenvalue weighted by atomic mass is 10.2. The third-order valence-corrected chi connectivity index (χ3v) is 2.87. The van der Waals surface area contributed by atoms with E-state index in [0.29, 0.717) is 23.1 Å². The first-order valence-corrected chi connectivity index (χ1v) is 6.26. The van der Waals surface area contributed by atoms with Gasteiger partial charge in [-0.2, -0.15) is 0 Å². The van der Waals surface area contributed by atoms with E-state index in [-0.39, 0.29) is 6.04 Å². The molecule has 0 bridgehead atoms. The van der Waals surface area contributed by atoms with Gasteiger partial charge in [-0.25, -0.2) is 4.98 Å². The lowest BCUT2D eigenvalue weighted by Crippen LogP contribution is -2.05. The van der Waals surface area contributed by atoms with Crippen LogP contribution in [0.15, 0.2) is 36.5 Å². The zero-order chi connectivity index (χ0) is 14.5. The van der Waals surface area contributed by atoms with Crippen LogP contribution in [0.5, 0.6) is 23.1 Å². The molecule has 1 heterocycles. The smallest absolute Gasteiger partial charge is 0.219 e. The Hall–Kier alpha value is -2.27. The zero-order valence-corrected chi connectivity index (χ0v) is 11.8. The molecular weight excluding hydrogens is 256 g/mol. The molecule has 0 aliphatic carbocycles. The number of ether oxygens (including phenoxy) is 3. The maximum atomic E-state index is 5.79. The molecule has 1 aromatic carbocycles. The molecule has 106 valence electrons. The third-order valence-electron chi connectivity index (χ3n) is 2.87. The number of nitrogens with zero attached hydrogens (tertiary/aromatic N) is 1.